The van der Waals surface area contributed by atoms with Gasteiger partial charge in [-0.2, -0.15) is 0 Å². The van der Waals surface area contributed by atoms with Crippen LogP contribution in [0.1, 0.15) is 21.5 Å². The van der Waals surface area contributed by atoms with Gasteiger partial charge in [0.05, 0.1) is 11.1 Å². The van der Waals surface area contributed by atoms with E-state index < -0.39 is 0 Å². The number of para-hydroxylation sites is 1. The Morgan fingerprint density at radius 3 is 2.67 bits per heavy atom. The summed E-state index contributed by atoms with van der Waals surface area (Å²) in [6.45, 7) is 2.15. The molecule has 0 radical (unpaired) electrons. The molecule has 1 aromatic heterocycles. The first-order chi connectivity index (χ1) is 10.3. The lowest BCUT2D eigenvalue weighted by atomic mass is 10.1. The van der Waals surface area contributed by atoms with Gasteiger partial charge in [-0.25, -0.2) is 4.79 Å². The number of esters is 1. The van der Waals surface area contributed by atoms with Crippen molar-refractivity contribution in [2.45, 2.75) is 13.5 Å². The number of aromatic nitrogens is 1. The SMILES string of the molecule is Cc1ccccc1C(=O)OCc1ccnc2ccccc12. The van der Waals surface area contributed by atoms with Crippen LogP contribution in [0.3, 0.4) is 0 Å². The van der Waals surface area contributed by atoms with E-state index in [1.807, 2.05) is 55.5 Å². The highest BCUT2D eigenvalue weighted by Gasteiger charge is 2.10. The van der Waals surface area contributed by atoms with Crippen molar-refractivity contribution in [3.8, 4) is 0 Å². The van der Waals surface area contributed by atoms with Gasteiger partial charge in [-0.15, -0.1) is 0 Å². The van der Waals surface area contributed by atoms with E-state index in [9.17, 15) is 4.79 Å². The summed E-state index contributed by atoms with van der Waals surface area (Å²) >= 11 is 0. The Kier molecular flexibility index (Phi) is 3.65. The van der Waals surface area contributed by atoms with Gasteiger partial charge in [0.15, 0.2) is 0 Å². The fourth-order valence-electron chi connectivity index (χ4n) is 2.30. The Bertz CT molecular complexity index is 791. The number of nitrogens with zero attached hydrogens (tertiary/aromatic N) is 1. The predicted octanol–water partition coefficient (Wildman–Crippen LogP) is 3.90. The summed E-state index contributed by atoms with van der Waals surface area (Å²) in [4.78, 5) is 16.4. The first-order valence-corrected chi connectivity index (χ1v) is 6.81. The Morgan fingerprint density at radius 2 is 1.81 bits per heavy atom. The second-order valence-electron chi connectivity index (χ2n) is 4.88. The Hall–Kier alpha value is -2.68. The van der Waals surface area contributed by atoms with Crippen LogP contribution in [0.5, 0.6) is 0 Å². The van der Waals surface area contributed by atoms with Crippen LogP contribution >= 0.6 is 0 Å². The van der Waals surface area contributed by atoms with E-state index in [0.29, 0.717) is 5.56 Å². The molecule has 3 rings (SSSR count). The first kappa shape index (κ1) is 13.3. The maximum atomic E-state index is 12.1. The predicted molar refractivity (Wildman–Crippen MR) is 82.0 cm³/mol. The normalized spacial score (nSPS) is 10.5. The second-order valence-corrected chi connectivity index (χ2v) is 4.88. The minimum atomic E-state index is -0.297. The van der Waals surface area contributed by atoms with Gasteiger partial charge in [-0.05, 0) is 30.7 Å². The van der Waals surface area contributed by atoms with Crippen LogP contribution in [0.4, 0.5) is 0 Å². The lowest BCUT2D eigenvalue weighted by Crippen LogP contribution is -2.07. The Morgan fingerprint density at radius 1 is 1.05 bits per heavy atom. The van der Waals surface area contributed by atoms with E-state index in [0.717, 1.165) is 22.0 Å². The van der Waals surface area contributed by atoms with Gasteiger partial charge in [0.2, 0.25) is 0 Å². The van der Waals surface area contributed by atoms with Crippen LogP contribution in [-0.4, -0.2) is 11.0 Å². The zero-order chi connectivity index (χ0) is 14.7. The van der Waals surface area contributed by atoms with Crippen LogP contribution in [0.15, 0.2) is 60.8 Å². The van der Waals surface area contributed by atoms with Crippen LogP contribution in [0, 0.1) is 6.92 Å². The number of ether oxygens (including phenoxy) is 1. The second kappa shape index (κ2) is 5.75. The fraction of sp³-hybridized carbons (Fsp3) is 0.111. The van der Waals surface area contributed by atoms with Gasteiger partial charge >= 0.3 is 5.97 Å². The average molecular weight is 277 g/mol. The monoisotopic (exact) mass is 277 g/mol. The van der Waals surface area contributed by atoms with Gasteiger partial charge in [-0.1, -0.05) is 36.4 Å². The van der Waals surface area contributed by atoms with Crippen molar-refractivity contribution in [2.75, 3.05) is 0 Å². The van der Waals surface area contributed by atoms with Crippen molar-refractivity contribution in [1.82, 2.24) is 4.98 Å². The number of hydrogen-bond donors (Lipinski definition) is 0. The molecule has 3 nitrogen and oxygen atoms in total. The molecule has 0 spiro atoms. The van der Waals surface area contributed by atoms with Crippen molar-refractivity contribution in [3.63, 3.8) is 0 Å². The van der Waals surface area contributed by atoms with Gasteiger partial charge in [0.1, 0.15) is 6.61 Å². The Labute approximate surface area is 123 Å². The molecule has 3 heteroatoms. The van der Waals surface area contributed by atoms with Crippen molar-refractivity contribution in [1.29, 1.82) is 0 Å². The summed E-state index contributed by atoms with van der Waals surface area (Å²) < 4.78 is 5.44. The molecule has 21 heavy (non-hydrogen) atoms. The fourth-order valence-corrected chi connectivity index (χ4v) is 2.30. The summed E-state index contributed by atoms with van der Waals surface area (Å²) in [7, 11) is 0. The van der Waals surface area contributed by atoms with E-state index in [2.05, 4.69) is 4.98 Å². The molecule has 0 amide bonds. The highest BCUT2D eigenvalue weighted by Crippen LogP contribution is 2.18. The highest BCUT2D eigenvalue weighted by atomic mass is 16.5. The van der Waals surface area contributed by atoms with E-state index in [4.69, 9.17) is 4.74 Å². The highest BCUT2D eigenvalue weighted by molar-refractivity contribution is 5.91. The zero-order valence-corrected chi connectivity index (χ0v) is 11.7. The summed E-state index contributed by atoms with van der Waals surface area (Å²) in [5.74, 6) is -0.297. The molecule has 1 heterocycles. The summed E-state index contributed by atoms with van der Waals surface area (Å²) in [5.41, 5.74) is 3.39. The molecule has 0 aliphatic rings. The van der Waals surface area contributed by atoms with E-state index in [1.165, 1.54) is 0 Å². The summed E-state index contributed by atoms with van der Waals surface area (Å²) in [5, 5.41) is 1.01. The van der Waals surface area contributed by atoms with Crippen LogP contribution in [0.25, 0.3) is 10.9 Å². The number of aryl methyl sites for hydroxylation is 1. The Balaban J connectivity index is 1.81. The van der Waals surface area contributed by atoms with Gasteiger partial charge in [0.25, 0.3) is 0 Å². The van der Waals surface area contributed by atoms with Crippen molar-refractivity contribution in [3.05, 3.63) is 77.5 Å². The smallest absolute Gasteiger partial charge is 0.338 e. The number of pyridine rings is 1. The molecule has 0 atom stereocenters. The van der Waals surface area contributed by atoms with Crippen molar-refractivity contribution < 1.29 is 9.53 Å². The molecule has 3 aromatic rings. The molecule has 0 aliphatic heterocycles. The lowest BCUT2D eigenvalue weighted by Gasteiger charge is -2.09. The third-order valence-electron chi connectivity index (χ3n) is 3.46. The number of rotatable bonds is 3. The minimum absolute atomic E-state index is 0.246. The number of hydrogen-bond acceptors (Lipinski definition) is 3. The number of fused-ring (bicyclic) bond motifs is 1. The van der Waals surface area contributed by atoms with E-state index >= 15 is 0 Å². The van der Waals surface area contributed by atoms with Gasteiger partial charge in [-0.3, -0.25) is 4.98 Å². The standard InChI is InChI=1S/C18H15NO2/c1-13-6-2-3-7-15(13)18(20)21-12-14-10-11-19-17-9-5-4-8-16(14)17/h2-11H,12H2,1H3. The third kappa shape index (κ3) is 2.77. The zero-order valence-electron chi connectivity index (χ0n) is 11.7. The minimum Gasteiger partial charge on any atom is -0.457 e. The van der Waals surface area contributed by atoms with E-state index in [-0.39, 0.29) is 12.6 Å². The molecule has 0 fully saturated rings. The number of benzene rings is 2. The van der Waals surface area contributed by atoms with Crippen molar-refractivity contribution >= 4 is 16.9 Å². The summed E-state index contributed by atoms with van der Waals surface area (Å²) in [6, 6.07) is 17.1. The molecule has 0 saturated heterocycles. The molecule has 0 aliphatic carbocycles. The van der Waals surface area contributed by atoms with Crippen LogP contribution in [-0.2, 0) is 11.3 Å². The topological polar surface area (TPSA) is 39.2 Å². The maximum Gasteiger partial charge on any atom is 0.338 e. The van der Waals surface area contributed by atoms with Crippen LogP contribution in [0.2, 0.25) is 0 Å². The molecule has 0 N–H and O–H groups in total. The van der Waals surface area contributed by atoms with Gasteiger partial charge in [0, 0.05) is 17.1 Å². The molecule has 0 unspecified atom stereocenters. The average Bonchev–Trinajstić information content (AvgIpc) is 2.53. The number of carbonyl (C=O) groups is 1. The van der Waals surface area contributed by atoms with Crippen molar-refractivity contribution in [2.24, 2.45) is 0 Å². The molecular formula is C18H15NO2. The molecule has 0 bridgehead atoms. The first-order valence-electron chi connectivity index (χ1n) is 6.81. The summed E-state index contributed by atoms with van der Waals surface area (Å²) in [6.07, 6.45) is 1.74. The lowest BCUT2D eigenvalue weighted by molar-refractivity contribution is 0.0473. The van der Waals surface area contributed by atoms with Gasteiger partial charge < -0.3 is 4.74 Å². The molecule has 104 valence electrons. The third-order valence-corrected chi connectivity index (χ3v) is 3.46. The van der Waals surface area contributed by atoms with Crippen LogP contribution < -0.4 is 0 Å². The molecular weight excluding hydrogens is 262 g/mol. The number of carbonyl (C=O) groups excluding carboxylic acids is 1. The maximum absolute atomic E-state index is 12.1. The largest absolute Gasteiger partial charge is 0.457 e. The quantitative estimate of drug-likeness (QED) is 0.681. The molecule has 2 aromatic carbocycles. The molecule has 0 saturated carbocycles. The van der Waals surface area contributed by atoms with E-state index in [1.54, 1.807) is 12.3 Å².